The normalized spacial score (nSPS) is 22.2. The monoisotopic (exact) mass is 418 g/mol. The van der Waals surface area contributed by atoms with Crippen molar-refractivity contribution in [1.82, 2.24) is 9.97 Å². The van der Waals surface area contributed by atoms with Gasteiger partial charge in [-0.15, -0.1) is 0 Å². The summed E-state index contributed by atoms with van der Waals surface area (Å²) in [6.45, 7) is 3.85. The Hall–Kier alpha value is -4.05. The quantitative estimate of drug-likeness (QED) is 0.587. The molecule has 1 aromatic heterocycles. The number of hydrogen-bond acceptors (Lipinski definition) is 8. The van der Waals surface area contributed by atoms with Crippen molar-refractivity contribution in [3.05, 3.63) is 51.1 Å². The third-order valence-electron chi connectivity index (χ3n) is 6.69. The maximum atomic E-state index is 13.7. The molecule has 0 aliphatic heterocycles. The number of amides is 1. The molecule has 2 bridgehead atoms. The number of anilines is 1. The number of methoxy groups -OCH3 is 1. The van der Waals surface area contributed by atoms with E-state index in [9.17, 15) is 25.4 Å². The summed E-state index contributed by atoms with van der Waals surface area (Å²) in [4.78, 5) is 33.4. The summed E-state index contributed by atoms with van der Waals surface area (Å²) in [5.74, 6) is -0.273. The molecule has 4 rings (SSSR count). The summed E-state index contributed by atoms with van der Waals surface area (Å²) in [6, 6.07) is 7.96. The average molecular weight is 418 g/mol. The maximum Gasteiger partial charge on any atom is 0.296 e. The van der Waals surface area contributed by atoms with Crippen molar-refractivity contribution >= 4 is 17.3 Å². The number of nitro benzene ring substituents is 1. The minimum absolute atomic E-state index is 0.0417. The van der Waals surface area contributed by atoms with Crippen LogP contribution in [0.3, 0.4) is 0 Å². The number of aromatic nitrogens is 2. The fourth-order valence-electron chi connectivity index (χ4n) is 5.04. The van der Waals surface area contributed by atoms with Crippen molar-refractivity contribution in [2.45, 2.75) is 38.0 Å². The molecule has 10 heteroatoms. The molecule has 0 saturated heterocycles. The number of hydrogen-bond donors (Lipinski definition) is 1. The van der Waals surface area contributed by atoms with E-state index in [1.807, 2.05) is 26.0 Å². The molecule has 1 aromatic carbocycles. The van der Waals surface area contributed by atoms with Gasteiger partial charge >= 0.3 is 0 Å². The molecule has 0 spiro atoms. The van der Waals surface area contributed by atoms with Crippen LogP contribution in [0.25, 0.3) is 0 Å². The summed E-state index contributed by atoms with van der Waals surface area (Å²) in [7, 11) is 1.40. The van der Waals surface area contributed by atoms with Gasteiger partial charge in [0, 0.05) is 5.92 Å². The Morgan fingerprint density at radius 2 is 1.97 bits per heavy atom. The van der Waals surface area contributed by atoms with Crippen LogP contribution in [0.4, 0.5) is 11.4 Å². The SMILES string of the molecule is COc1ccc(NC(=O)C23CCC(c4nc(C#N)c(C#N)nc42)C3(C)C)c([N+](=O)[O-])c1. The highest BCUT2D eigenvalue weighted by atomic mass is 16.6. The van der Waals surface area contributed by atoms with Crippen LogP contribution in [-0.2, 0) is 10.2 Å². The highest BCUT2D eigenvalue weighted by Crippen LogP contribution is 2.67. The Morgan fingerprint density at radius 1 is 1.29 bits per heavy atom. The van der Waals surface area contributed by atoms with Crippen LogP contribution in [0.1, 0.15) is 55.4 Å². The summed E-state index contributed by atoms with van der Waals surface area (Å²) >= 11 is 0. The zero-order valence-corrected chi connectivity index (χ0v) is 17.1. The molecule has 31 heavy (non-hydrogen) atoms. The van der Waals surface area contributed by atoms with E-state index in [2.05, 4.69) is 15.3 Å². The van der Waals surface area contributed by atoms with Gasteiger partial charge in [0.15, 0.2) is 11.4 Å². The van der Waals surface area contributed by atoms with Crippen molar-refractivity contribution in [2.75, 3.05) is 12.4 Å². The molecule has 1 saturated carbocycles. The lowest BCUT2D eigenvalue weighted by atomic mass is 9.67. The van der Waals surface area contributed by atoms with E-state index in [1.165, 1.54) is 25.3 Å². The van der Waals surface area contributed by atoms with Crippen molar-refractivity contribution in [3.63, 3.8) is 0 Å². The first kappa shape index (κ1) is 20.2. The van der Waals surface area contributed by atoms with E-state index in [1.54, 1.807) is 0 Å². The number of nitriles is 2. The van der Waals surface area contributed by atoms with Gasteiger partial charge in [0.25, 0.3) is 5.69 Å². The number of carbonyl (C=O) groups is 1. The second kappa shape index (κ2) is 6.74. The fourth-order valence-corrected chi connectivity index (χ4v) is 5.04. The number of benzene rings is 1. The molecule has 1 fully saturated rings. The van der Waals surface area contributed by atoms with E-state index in [0.717, 1.165) is 0 Å². The Labute approximate surface area is 177 Å². The summed E-state index contributed by atoms with van der Waals surface area (Å²) in [6.07, 6.45) is 1.11. The first-order valence-electron chi connectivity index (χ1n) is 9.57. The predicted octanol–water partition coefficient (Wildman–Crippen LogP) is 2.93. The zero-order valence-electron chi connectivity index (χ0n) is 17.1. The lowest BCUT2D eigenvalue weighted by Gasteiger charge is -2.36. The molecule has 0 radical (unpaired) electrons. The first-order chi connectivity index (χ1) is 14.7. The van der Waals surface area contributed by atoms with Crippen LogP contribution in [0.2, 0.25) is 0 Å². The van der Waals surface area contributed by atoms with E-state index in [0.29, 0.717) is 30.0 Å². The Kier molecular flexibility index (Phi) is 4.40. The molecular formula is C21H18N6O4. The standard InChI is InChI=1S/C21H18N6O4/c1-20(2)12-6-7-21(20,18-17(12)24-14(9-22)15(10-23)25-18)19(28)26-13-5-4-11(31-3)8-16(13)27(29)30/h4-5,8,12H,6-7H2,1-3H3,(H,26,28). The van der Waals surface area contributed by atoms with Crippen LogP contribution >= 0.6 is 0 Å². The molecule has 10 nitrogen and oxygen atoms in total. The molecule has 2 unspecified atom stereocenters. The molecule has 2 aromatic rings. The largest absolute Gasteiger partial charge is 0.496 e. The third kappa shape index (κ3) is 2.58. The molecule has 2 aliphatic rings. The molecule has 1 N–H and O–H groups in total. The van der Waals surface area contributed by atoms with Crippen molar-refractivity contribution in [2.24, 2.45) is 5.41 Å². The molecule has 156 valence electrons. The summed E-state index contributed by atoms with van der Waals surface area (Å²) < 4.78 is 5.05. The van der Waals surface area contributed by atoms with Gasteiger partial charge in [0.05, 0.1) is 34.9 Å². The lowest BCUT2D eigenvalue weighted by Crippen LogP contribution is -2.47. The van der Waals surface area contributed by atoms with Gasteiger partial charge in [0.1, 0.15) is 23.6 Å². The highest BCUT2D eigenvalue weighted by molar-refractivity contribution is 6.02. The minimum Gasteiger partial charge on any atom is -0.496 e. The number of fused-ring (bicyclic) bond motifs is 5. The van der Waals surface area contributed by atoms with E-state index < -0.39 is 21.7 Å². The topological polar surface area (TPSA) is 155 Å². The van der Waals surface area contributed by atoms with Gasteiger partial charge in [-0.25, -0.2) is 9.97 Å². The molecule has 2 aliphatic carbocycles. The smallest absolute Gasteiger partial charge is 0.296 e. The van der Waals surface area contributed by atoms with Gasteiger partial charge in [-0.2, -0.15) is 10.5 Å². The average Bonchev–Trinajstić information content (AvgIpc) is 3.13. The predicted molar refractivity (Wildman–Crippen MR) is 107 cm³/mol. The van der Waals surface area contributed by atoms with Crippen LogP contribution in [-0.4, -0.2) is 27.9 Å². The Balaban J connectivity index is 1.84. The van der Waals surface area contributed by atoms with Gasteiger partial charge in [-0.3, -0.25) is 14.9 Å². The van der Waals surface area contributed by atoms with Crippen molar-refractivity contribution in [3.8, 4) is 17.9 Å². The maximum absolute atomic E-state index is 13.7. The third-order valence-corrected chi connectivity index (χ3v) is 6.69. The zero-order chi connectivity index (χ0) is 22.6. The lowest BCUT2D eigenvalue weighted by molar-refractivity contribution is -0.384. The molecule has 2 atom stereocenters. The van der Waals surface area contributed by atoms with Crippen molar-refractivity contribution in [1.29, 1.82) is 10.5 Å². The van der Waals surface area contributed by atoms with Crippen LogP contribution in [0.5, 0.6) is 5.75 Å². The van der Waals surface area contributed by atoms with E-state index >= 15 is 0 Å². The van der Waals surface area contributed by atoms with Gasteiger partial charge in [-0.05, 0) is 30.4 Å². The number of nitrogens with one attached hydrogen (secondary N) is 1. The second-order valence-electron chi connectivity index (χ2n) is 8.19. The van der Waals surface area contributed by atoms with Gasteiger partial charge < -0.3 is 10.1 Å². The van der Waals surface area contributed by atoms with Crippen LogP contribution in [0.15, 0.2) is 18.2 Å². The number of carbonyl (C=O) groups excluding carboxylic acids is 1. The molecule has 1 heterocycles. The minimum atomic E-state index is -1.13. The summed E-state index contributed by atoms with van der Waals surface area (Å²) in [5.41, 5.74) is -1.27. The van der Waals surface area contributed by atoms with Gasteiger partial charge in [0.2, 0.25) is 5.91 Å². The summed E-state index contributed by atoms with van der Waals surface area (Å²) in [5, 5.41) is 33.0. The van der Waals surface area contributed by atoms with Gasteiger partial charge in [-0.1, -0.05) is 13.8 Å². The van der Waals surface area contributed by atoms with Crippen molar-refractivity contribution < 1.29 is 14.5 Å². The number of nitro groups is 1. The van der Waals surface area contributed by atoms with Crippen LogP contribution < -0.4 is 10.1 Å². The Bertz CT molecular complexity index is 1230. The second-order valence-corrected chi connectivity index (χ2v) is 8.19. The Morgan fingerprint density at radius 3 is 2.58 bits per heavy atom. The fraction of sp³-hybridized carbons (Fsp3) is 0.381. The van der Waals surface area contributed by atoms with E-state index in [-0.39, 0.29) is 28.7 Å². The number of nitrogens with zero attached hydrogens (tertiary/aromatic N) is 5. The number of rotatable bonds is 4. The van der Waals surface area contributed by atoms with Crippen LogP contribution in [0, 0.1) is 38.2 Å². The van der Waals surface area contributed by atoms with E-state index in [4.69, 9.17) is 4.74 Å². The first-order valence-corrected chi connectivity index (χ1v) is 9.57. The number of ether oxygens (including phenoxy) is 1. The molecular weight excluding hydrogens is 400 g/mol. The molecule has 1 amide bonds. The highest BCUT2D eigenvalue weighted by Gasteiger charge is 2.68.